The van der Waals surface area contributed by atoms with Crippen molar-refractivity contribution in [2.45, 2.75) is 34.1 Å². The molecular formula is C116H72BF9N6O5S. The molecule has 22 heteroatoms. The third-order valence-electron chi connectivity index (χ3n) is 26.3. The molecule has 0 bridgehead atoms. The number of alkyl halides is 9. The zero-order valence-corrected chi connectivity index (χ0v) is 73.4. The molecule has 2 heterocycles. The monoisotopic (exact) mass is 1840 g/mol. The van der Waals surface area contributed by atoms with Gasteiger partial charge in [-0.05, 0) is 168 Å². The SMILES string of the molecule is O=S(=O)(Oc1ccc2ccccc2c1-c1cccc(-c2nc(-c3ccccc3)nc(-c3ccccc3)n2)c1)C(F)(F)C(F)(F)C(F)(F)C(F)(F)F.OB(O)c1ccc2c(c1)C1(c3ccccc3-c3ccccc31)c1ccccc1-2.c1ccc(-c2nc(-c3ccccc3)nc(-c3cccc(-c4c(-c5ccc6c(c5)C5(c7ccccc7-c7ccccc75)c5ccccc5-6)ccc5ccccc45)c3)n2)cc1. The average molecular weight is 1840 g/mol. The summed E-state index contributed by atoms with van der Waals surface area (Å²) in [4.78, 5) is 28.9. The largest absolute Gasteiger partial charge is 0.488 e. The third-order valence-corrected chi connectivity index (χ3v) is 27.6. The molecular weight excluding hydrogens is 1770 g/mol. The highest BCUT2D eigenvalue weighted by atomic mass is 32.2. The molecule has 0 radical (unpaired) electrons. The summed E-state index contributed by atoms with van der Waals surface area (Å²) in [6, 6.07) is 139. The van der Waals surface area contributed by atoms with Crippen molar-refractivity contribution >= 4 is 44.2 Å². The lowest BCUT2D eigenvalue weighted by atomic mass is 9.68. The van der Waals surface area contributed by atoms with Crippen molar-refractivity contribution in [3.05, 3.63) is 469 Å². The maximum Gasteiger partial charge on any atom is 0.488 e. The summed E-state index contributed by atoms with van der Waals surface area (Å²) in [5.74, 6) is -13.4. The fraction of sp³-hybridized carbons (Fsp3) is 0.0517. The molecule has 0 fully saturated rings. The van der Waals surface area contributed by atoms with Crippen LogP contribution in [0.15, 0.2) is 425 Å². The fourth-order valence-electron chi connectivity index (χ4n) is 20.2. The van der Waals surface area contributed by atoms with Crippen molar-refractivity contribution in [3.8, 4) is 152 Å². The number of aromatic nitrogens is 6. The zero-order chi connectivity index (χ0) is 94.6. The molecule has 0 atom stereocenters. The molecule has 0 saturated carbocycles. The molecule has 4 aliphatic rings. The van der Waals surface area contributed by atoms with Crippen molar-refractivity contribution in [2.24, 2.45) is 0 Å². The summed E-state index contributed by atoms with van der Waals surface area (Å²) in [5.41, 5.74) is 28.7. The van der Waals surface area contributed by atoms with Crippen molar-refractivity contribution in [2.75, 3.05) is 0 Å². The predicted octanol–water partition coefficient (Wildman–Crippen LogP) is 27.2. The molecule has 0 unspecified atom stereocenters. The van der Waals surface area contributed by atoms with Crippen LogP contribution >= 0.6 is 0 Å². The van der Waals surface area contributed by atoms with E-state index >= 15 is 0 Å². The zero-order valence-electron chi connectivity index (χ0n) is 72.6. The predicted molar refractivity (Wildman–Crippen MR) is 523 cm³/mol. The minimum atomic E-state index is -7.47. The molecule has 668 valence electrons. The van der Waals surface area contributed by atoms with Crippen LogP contribution in [0, 0.1) is 0 Å². The Balaban J connectivity index is 0.000000126. The summed E-state index contributed by atoms with van der Waals surface area (Å²) in [6.45, 7) is 0. The van der Waals surface area contributed by atoms with Gasteiger partial charge in [0.15, 0.2) is 40.7 Å². The molecule has 0 amide bonds. The quantitative estimate of drug-likeness (QED) is 0.0571. The summed E-state index contributed by atoms with van der Waals surface area (Å²) in [6.07, 6.45) is -7.24. The number of halogens is 9. The van der Waals surface area contributed by atoms with Crippen LogP contribution in [-0.4, -0.2) is 78.8 Å². The summed E-state index contributed by atoms with van der Waals surface area (Å²) in [5, 5.41) is 15.5. The van der Waals surface area contributed by atoms with Crippen LogP contribution in [0.3, 0.4) is 0 Å². The van der Waals surface area contributed by atoms with E-state index in [4.69, 9.17) is 15.0 Å². The minimum absolute atomic E-state index is 0.0214. The smallest absolute Gasteiger partial charge is 0.423 e. The molecule has 2 spiro atoms. The lowest BCUT2D eigenvalue weighted by molar-refractivity contribution is -0.382. The Labute approximate surface area is 786 Å². The molecule has 20 aromatic rings. The Morgan fingerprint density at radius 3 is 0.913 bits per heavy atom. The molecule has 24 rings (SSSR count). The van der Waals surface area contributed by atoms with Gasteiger partial charge in [-0.25, -0.2) is 29.9 Å². The maximum absolute atomic E-state index is 14.7. The van der Waals surface area contributed by atoms with Crippen molar-refractivity contribution in [1.82, 2.24) is 29.9 Å². The van der Waals surface area contributed by atoms with Crippen LogP contribution in [-0.2, 0) is 20.9 Å². The van der Waals surface area contributed by atoms with Crippen LogP contribution in [0.1, 0.15) is 44.5 Å². The maximum atomic E-state index is 14.7. The second-order valence-corrected chi connectivity index (χ2v) is 35.6. The van der Waals surface area contributed by atoms with E-state index in [0.29, 0.717) is 39.4 Å². The first-order valence-corrected chi connectivity index (χ1v) is 45.7. The van der Waals surface area contributed by atoms with E-state index < -0.39 is 57.1 Å². The summed E-state index contributed by atoms with van der Waals surface area (Å²) >= 11 is 0. The van der Waals surface area contributed by atoms with Crippen LogP contribution < -0.4 is 9.65 Å². The van der Waals surface area contributed by atoms with Gasteiger partial charge < -0.3 is 14.2 Å². The van der Waals surface area contributed by atoms with Gasteiger partial charge >= 0.3 is 40.5 Å². The molecule has 18 aromatic carbocycles. The Kier molecular flexibility index (Phi) is 21.4. The number of hydrogen-bond acceptors (Lipinski definition) is 11. The minimum Gasteiger partial charge on any atom is -0.423 e. The summed E-state index contributed by atoms with van der Waals surface area (Å²) < 4.78 is 153. The molecule has 4 aliphatic carbocycles. The highest BCUT2D eigenvalue weighted by Crippen LogP contribution is 2.66. The van der Waals surface area contributed by atoms with Gasteiger partial charge in [0.2, 0.25) is 0 Å². The van der Waals surface area contributed by atoms with Crippen LogP contribution in [0.2, 0.25) is 0 Å². The van der Waals surface area contributed by atoms with Gasteiger partial charge in [-0.15, -0.1) is 0 Å². The van der Waals surface area contributed by atoms with Crippen LogP contribution in [0.4, 0.5) is 39.5 Å². The number of fused-ring (bicyclic) bond motifs is 22. The van der Waals surface area contributed by atoms with Gasteiger partial charge in [-0.3, -0.25) is 0 Å². The average Bonchev–Trinajstić information content (AvgIpc) is 1.51. The second-order valence-electron chi connectivity index (χ2n) is 34.0. The van der Waals surface area contributed by atoms with E-state index in [1.165, 1.54) is 142 Å². The topological polar surface area (TPSA) is 161 Å². The standard InChI is InChI=1S/C56H35N3.C35H20F9N3O3S.C25H17BO2/c1-3-17-37(18-4-1)53-57-54(38-19-5-2-6-20-38)59-55(58-53)41-22-15-21-40(34-41)52-42-23-8-7-16-36(42)30-32-43(52)39-31-33-47-46-26-11-14-29-50(46)56(51(47)35-39)48-27-12-9-24-44(48)45-25-10-13-28-49(45)56;36-32(37,34(40,41)42)33(38,39)35(43,44)51(48,49)50-27-19-18-21-10-7-8-17-26(21)28(27)24-15-9-16-25(20-24)31-46-29(22-11-3-1-4-12-22)45-30(47-31)23-13-5-2-6-14-23;27-26(28)16-13-14-20-19-9-3-6-12-23(19)25(24(20)15-16)21-10-4-1-7-17(21)18-8-2-5-11-22(18)25/h1-35H;1-20H;1-15,27-28H. The van der Waals surface area contributed by atoms with E-state index in [2.05, 4.69) is 268 Å². The molecule has 0 aliphatic heterocycles. The number of rotatable bonds is 15. The van der Waals surface area contributed by atoms with Gasteiger partial charge in [0, 0.05) is 38.9 Å². The van der Waals surface area contributed by atoms with E-state index in [1.54, 1.807) is 72.8 Å². The van der Waals surface area contributed by atoms with Crippen molar-refractivity contribution < 1.29 is 62.2 Å². The molecule has 2 N–H and O–H groups in total. The first kappa shape index (κ1) is 87.0. The van der Waals surface area contributed by atoms with E-state index in [9.17, 15) is 58.0 Å². The fourth-order valence-corrected chi connectivity index (χ4v) is 21.1. The van der Waals surface area contributed by atoms with E-state index in [1.807, 2.05) is 54.6 Å². The van der Waals surface area contributed by atoms with Gasteiger partial charge in [-0.2, -0.15) is 47.9 Å². The first-order chi connectivity index (χ1) is 66.9. The normalized spacial score (nSPS) is 13.2. The number of hydrogen-bond donors (Lipinski definition) is 2. The lowest BCUT2D eigenvalue weighted by Crippen LogP contribution is -2.63. The Morgan fingerprint density at radius 1 is 0.246 bits per heavy atom. The lowest BCUT2D eigenvalue weighted by Gasteiger charge is -2.32. The molecule has 11 nitrogen and oxygen atoms in total. The molecule has 138 heavy (non-hydrogen) atoms. The highest BCUT2D eigenvalue weighted by molar-refractivity contribution is 7.88. The Hall–Kier alpha value is -16.4. The van der Waals surface area contributed by atoms with Gasteiger partial charge in [-0.1, -0.05) is 400 Å². The highest BCUT2D eigenvalue weighted by Gasteiger charge is 2.86. The van der Waals surface area contributed by atoms with Crippen molar-refractivity contribution in [1.29, 1.82) is 0 Å². The van der Waals surface area contributed by atoms with Crippen LogP contribution in [0.25, 0.3) is 168 Å². The Morgan fingerprint density at radius 2 is 0.536 bits per heavy atom. The molecule has 0 saturated heterocycles. The molecule has 2 aromatic heterocycles. The number of benzene rings is 18. The first-order valence-electron chi connectivity index (χ1n) is 44.3. The van der Waals surface area contributed by atoms with Crippen molar-refractivity contribution in [3.63, 3.8) is 0 Å². The van der Waals surface area contributed by atoms with E-state index in [-0.39, 0.29) is 39.5 Å². The van der Waals surface area contributed by atoms with Gasteiger partial charge in [0.25, 0.3) is 0 Å². The summed E-state index contributed by atoms with van der Waals surface area (Å²) in [7, 11) is -8.73. The van der Waals surface area contributed by atoms with E-state index in [0.717, 1.165) is 45.5 Å². The number of nitrogens with zero attached hydrogens (tertiary/aromatic N) is 6. The van der Waals surface area contributed by atoms with Gasteiger partial charge in [0.05, 0.1) is 10.8 Å². The second kappa shape index (κ2) is 33.9. The Bertz CT molecular complexity index is 8130. The third kappa shape index (κ3) is 14.2. The van der Waals surface area contributed by atoms with Crippen LogP contribution in [0.5, 0.6) is 5.75 Å². The van der Waals surface area contributed by atoms with Gasteiger partial charge in [0.1, 0.15) is 0 Å².